The van der Waals surface area contributed by atoms with Crippen LogP contribution in [0.2, 0.25) is 0 Å². The maximum absolute atomic E-state index is 12.7. The lowest BCUT2D eigenvalue weighted by molar-refractivity contribution is 0.0929. The molecule has 0 radical (unpaired) electrons. The molecule has 1 amide bonds. The zero-order chi connectivity index (χ0) is 21.8. The van der Waals surface area contributed by atoms with Crippen molar-refractivity contribution in [3.8, 4) is 11.8 Å². The number of hydrogen-bond donors (Lipinski definition) is 2. The second-order valence-electron chi connectivity index (χ2n) is 8.21. The van der Waals surface area contributed by atoms with Gasteiger partial charge in [-0.25, -0.2) is 9.97 Å². The Morgan fingerprint density at radius 2 is 2.06 bits per heavy atom. The fourth-order valence-corrected chi connectivity index (χ4v) is 3.75. The smallest absolute Gasteiger partial charge is 0.318 e. The van der Waals surface area contributed by atoms with Crippen molar-refractivity contribution < 1.29 is 14.3 Å². The van der Waals surface area contributed by atoms with Crippen LogP contribution in [0.25, 0.3) is 0 Å². The van der Waals surface area contributed by atoms with Gasteiger partial charge in [0, 0.05) is 25.2 Å². The monoisotopic (exact) mass is 427 g/mol. The summed E-state index contributed by atoms with van der Waals surface area (Å²) in [6.45, 7) is 4.20. The highest BCUT2D eigenvalue weighted by Gasteiger charge is 2.30. The first-order valence-electron chi connectivity index (χ1n) is 10.7. The summed E-state index contributed by atoms with van der Waals surface area (Å²) in [6.07, 6.45) is 7.18. The van der Waals surface area contributed by atoms with Crippen LogP contribution >= 0.6 is 0 Å². The van der Waals surface area contributed by atoms with Gasteiger partial charge in [-0.1, -0.05) is 0 Å². The maximum atomic E-state index is 12.7. The molecule has 10 heteroatoms. The summed E-state index contributed by atoms with van der Waals surface area (Å²) in [5.41, 5.74) is 6.14. The van der Waals surface area contributed by atoms with Gasteiger partial charge in [-0.2, -0.15) is 9.97 Å². The van der Waals surface area contributed by atoms with Crippen molar-refractivity contribution >= 4 is 17.5 Å². The van der Waals surface area contributed by atoms with Crippen LogP contribution in [-0.2, 0) is 0 Å². The first-order chi connectivity index (χ1) is 15.0. The molecule has 2 fully saturated rings. The maximum Gasteiger partial charge on any atom is 0.318 e. The minimum Gasteiger partial charge on any atom is -0.488 e. The van der Waals surface area contributed by atoms with Crippen LogP contribution in [0.5, 0.6) is 11.8 Å². The van der Waals surface area contributed by atoms with E-state index < -0.39 is 0 Å². The number of methoxy groups -OCH3 is 1. The Morgan fingerprint density at radius 1 is 1.29 bits per heavy atom. The molecule has 1 saturated heterocycles. The van der Waals surface area contributed by atoms with Crippen molar-refractivity contribution in [3.05, 3.63) is 24.3 Å². The molecule has 0 aromatic carbocycles. The van der Waals surface area contributed by atoms with Gasteiger partial charge < -0.3 is 25.4 Å². The lowest BCUT2D eigenvalue weighted by Gasteiger charge is -2.32. The van der Waals surface area contributed by atoms with Crippen molar-refractivity contribution in [2.75, 3.05) is 37.4 Å². The van der Waals surface area contributed by atoms with E-state index in [-0.39, 0.29) is 18.0 Å². The quantitative estimate of drug-likeness (QED) is 0.646. The minimum absolute atomic E-state index is 0.150. The number of nitrogens with two attached hydrogens (primary N) is 1. The second-order valence-corrected chi connectivity index (χ2v) is 8.21. The number of nitrogen functional groups attached to an aromatic ring is 1. The number of carbonyl (C=O) groups is 1. The Bertz CT molecular complexity index is 914. The minimum atomic E-state index is -0.188. The summed E-state index contributed by atoms with van der Waals surface area (Å²) in [4.78, 5) is 31.4. The van der Waals surface area contributed by atoms with Gasteiger partial charge >= 0.3 is 6.01 Å². The molecule has 31 heavy (non-hydrogen) atoms. The van der Waals surface area contributed by atoms with E-state index in [1.54, 1.807) is 12.3 Å². The van der Waals surface area contributed by atoms with E-state index in [0.29, 0.717) is 41.5 Å². The molecule has 4 rings (SSSR count). The molecule has 3 heterocycles. The first kappa shape index (κ1) is 21.1. The highest BCUT2D eigenvalue weighted by Crippen LogP contribution is 2.32. The zero-order valence-electron chi connectivity index (χ0n) is 18.0. The summed E-state index contributed by atoms with van der Waals surface area (Å²) in [6, 6.07) is 2.10. The highest BCUT2D eigenvalue weighted by molar-refractivity contribution is 5.93. The Balaban J connectivity index is 1.36. The summed E-state index contributed by atoms with van der Waals surface area (Å²) < 4.78 is 11.0. The molecule has 1 aliphatic heterocycles. The molecule has 0 spiro atoms. The average Bonchev–Trinajstić information content (AvgIpc) is 3.64. The van der Waals surface area contributed by atoms with E-state index in [9.17, 15) is 4.79 Å². The number of nitrogens with one attached hydrogen (secondary N) is 1. The number of piperidine rings is 1. The number of anilines is 2. The van der Waals surface area contributed by atoms with E-state index in [1.165, 1.54) is 26.3 Å². The molecule has 1 atom stereocenters. The van der Waals surface area contributed by atoms with Crippen LogP contribution in [0.3, 0.4) is 0 Å². The van der Waals surface area contributed by atoms with Crippen LogP contribution in [0, 0.1) is 11.8 Å². The van der Waals surface area contributed by atoms with Crippen molar-refractivity contribution in [1.82, 2.24) is 25.3 Å². The lowest BCUT2D eigenvalue weighted by Crippen LogP contribution is -2.37. The Kier molecular flexibility index (Phi) is 6.34. The van der Waals surface area contributed by atoms with Crippen molar-refractivity contribution in [3.63, 3.8) is 0 Å². The molecular weight excluding hydrogens is 398 g/mol. The van der Waals surface area contributed by atoms with Gasteiger partial charge in [-0.3, -0.25) is 4.79 Å². The molecule has 0 bridgehead atoms. The molecule has 1 saturated carbocycles. The lowest BCUT2D eigenvalue weighted by atomic mass is 9.98. The molecule has 10 nitrogen and oxygen atoms in total. The van der Waals surface area contributed by atoms with Crippen LogP contribution in [0.15, 0.2) is 18.6 Å². The largest absolute Gasteiger partial charge is 0.488 e. The molecule has 1 unspecified atom stereocenters. The SMILES string of the molecule is COc1nc(C(=O)NC(C)C2CC2)cc(N2CCC(COc3cncnc3N)CC2)n1. The topological polar surface area (TPSA) is 128 Å². The van der Waals surface area contributed by atoms with Gasteiger partial charge in [0.15, 0.2) is 11.6 Å². The number of carbonyl (C=O) groups excluding carboxylic acids is 1. The van der Waals surface area contributed by atoms with Crippen LogP contribution in [-0.4, -0.2) is 58.7 Å². The van der Waals surface area contributed by atoms with Gasteiger partial charge in [-0.15, -0.1) is 0 Å². The predicted octanol–water partition coefficient (Wildman–Crippen LogP) is 1.68. The number of rotatable bonds is 8. The van der Waals surface area contributed by atoms with Gasteiger partial charge in [0.1, 0.15) is 17.8 Å². The van der Waals surface area contributed by atoms with E-state index in [4.69, 9.17) is 15.2 Å². The normalized spacial score (nSPS) is 17.8. The van der Waals surface area contributed by atoms with Crippen molar-refractivity contribution in [1.29, 1.82) is 0 Å². The Labute approximate surface area is 181 Å². The van der Waals surface area contributed by atoms with Crippen LogP contribution < -0.4 is 25.4 Å². The molecule has 2 aromatic rings. The molecule has 2 aromatic heterocycles. The molecule has 166 valence electrons. The number of nitrogens with zero attached hydrogens (tertiary/aromatic N) is 5. The molecule has 1 aliphatic carbocycles. The first-order valence-corrected chi connectivity index (χ1v) is 10.7. The number of aromatic nitrogens is 4. The summed E-state index contributed by atoms with van der Waals surface area (Å²) in [7, 11) is 1.51. The predicted molar refractivity (Wildman–Crippen MR) is 115 cm³/mol. The molecule has 2 aliphatic rings. The standard InChI is InChI=1S/C21H29N7O3/c1-13(15-3-4-15)25-20(29)16-9-18(27-21(26-16)30-2)28-7-5-14(6-8-28)11-31-17-10-23-12-24-19(17)22/h9-10,12-15H,3-8,11H2,1-2H3,(H,25,29)(H2,22,23,24). The third-order valence-corrected chi connectivity index (χ3v) is 5.92. The van der Waals surface area contributed by atoms with Crippen molar-refractivity contribution in [2.24, 2.45) is 11.8 Å². The fourth-order valence-electron chi connectivity index (χ4n) is 3.75. The number of ether oxygens (including phenoxy) is 2. The fraction of sp³-hybridized carbons (Fsp3) is 0.571. The second kappa shape index (κ2) is 9.32. The van der Waals surface area contributed by atoms with Gasteiger partial charge in [-0.05, 0) is 44.4 Å². The van der Waals surface area contributed by atoms with Gasteiger partial charge in [0.2, 0.25) is 0 Å². The Morgan fingerprint density at radius 3 is 2.74 bits per heavy atom. The number of hydrogen-bond acceptors (Lipinski definition) is 9. The van der Waals surface area contributed by atoms with Crippen LogP contribution in [0.1, 0.15) is 43.1 Å². The third kappa shape index (κ3) is 5.31. The van der Waals surface area contributed by atoms with Gasteiger partial charge in [0.25, 0.3) is 5.91 Å². The highest BCUT2D eigenvalue weighted by atomic mass is 16.5. The Hall–Kier alpha value is -3.17. The summed E-state index contributed by atoms with van der Waals surface area (Å²) in [5.74, 6) is 2.35. The summed E-state index contributed by atoms with van der Waals surface area (Å²) >= 11 is 0. The van der Waals surface area contributed by atoms with Crippen molar-refractivity contribution in [2.45, 2.75) is 38.6 Å². The van der Waals surface area contributed by atoms with Crippen LogP contribution in [0.4, 0.5) is 11.6 Å². The number of amides is 1. The van der Waals surface area contributed by atoms with E-state index >= 15 is 0 Å². The van der Waals surface area contributed by atoms with Gasteiger partial charge in [0.05, 0.1) is 19.9 Å². The summed E-state index contributed by atoms with van der Waals surface area (Å²) in [5, 5.41) is 3.04. The van der Waals surface area contributed by atoms with E-state index in [1.807, 2.05) is 6.92 Å². The van der Waals surface area contributed by atoms with E-state index in [0.717, 1.165) is 25.9 Å². The third-order valence-electron chi connectivity index (χ3n) is 5.92. The molecular formula is C21H29N7O3. The molecule has 3 N–H and O–H groups in total. The zero-order valence-corrected chi connectivity index (χ0v) is 18.0. The average molecular weight is 428 g/mol. The van der Waals surface area contributed by atoms with E-state index in [2.05, 4.69) is 30.2 Å².